The lowest BCUT2D eigenvalue weighted by Crippen LogP contribution is -2.28. The molecule has 3 heterocycles. The normalized spacial score (nSPS) is 14.8. The maximum atomic E-state index is 12.9. The molecule has 4 rings (SSSR count). The topological polar surface area (TPSA) is 81.4 Å². The predicted octanol–water partition coefficient (Wildman–Crippen LogP) is 3.74. The van der Waals surface area contributed by atoms with Crippen molar-refractivity contribution >= 4 is 28.6 Å². The fraction of sp³-hybridized carbons (Fsp3) is 0.318. The van der Waals surface area contributed by atoms with Crippen LogP contribution in [0, 0.1) is 5.92 Å². The van der Waals surface area contributed by atoms with Crippen LogP contribution in [0.3, 0.4) is 0 Å². The number of nitrogens with zero attached hydrogens (tertiary/aromatic N) is 1. The van der Waals surface area contributed by atoms with Gasteiger partial charge in [-0.05, 0) is 54.5 Å². The summed E-state index contributed by atoms with van der Waals surface area (Å²) >= 11 is 5.87. The molecule has 2 aromatic heterocycles. The highest BCUT2D eigenvalue weighted by Crippen LogP contribution is 2.21. The average molecular weight is 413 g/mol. The zero-order chi connectivity index (χ0) is 20.2. The van der Waals surface area contributed by atoms with E-state index in [2.05, 4.69) is 10.3 Å². The second-order valence-corrected chi connectivity index (χ2v) is 7.68. The van der Waals surface area contributed by atoms with Crippen LogP contribution in [0.1, 0.15) is 34.3 Å². The van der Waals surface area contributed by atoms with Gasteiger partial charge in [-0.2, -0.15) is 0 Å². The van der Waals surface area contributed by atoms with Gasteiger partial charge in [0.05, 0.1) is 5.39 Å². The number of aromatic nitrogens is 1. The molecule has 7 heteroatoms. The summed E-state index contributed by atoms with van der Waals surface area (Å²) in [6.07, 6.45) is 5.74. The van der Waals surface area contributed by atoms with Gasteiger partial charge in [0.25, 0.3) is 5.91 Å². The first-order valence-electron chi connectivity index (χ1n) is 9.61. The average Bonchev–Trinajstić information content (AvgIpc) is 2.74. The Morgan fingerprint density at radius 2 is 1.93 bits per heavy atom. The van der Waals surface area contributed by atoms with Crippen molar-refractivity contribution in [2.24, 2.45) is 5.92 Å². The number of pyridine rings is 1. The molecule has 1 aromatic carbocycles. The van der Waals surface area contributed by atoms with Crippen molar-refractivity contribution in [2.45, 2.75) is 25.8 Å². The van der Waals surface area contributed by atoms with E-state index in [4.69, 9.17) is 20.8 Å². The molecule has 1 saturated heterocycles. The number of rotatable bonds is 5. The molecule has 0 bridgehead atoms. The number of benzene rings is 1. The van der Waals surface area contributed by atoms with E-state index in [-0.39, 0.29) is 23.3 Å². The summed E-state index contributed by atoms with van der Waals surface area (Å²) in [7, 11) is 0. The number of carbonyl (C=O) groups is 1. The molecule has 1 N–H and O–H groups in total. The van der Waals surface area contributed by atoms with E-state index < -0.39 is 5.91 Å². The first-order chi connectivity index (χ1) is 14.1. The summed E-state index contributed by atoms with van der Waals surface area (Å²) in [4.78, 5) is 29.7. The minimum absolute atomic E-state index is 0.0310. The number of hydrogen-bond donors (Lipinski definition) is 1. The van der Waals surface area contributed by atoms with Crippen LogP contribution in [0.5, 0.6) is 0 Å². The number of amides is 1. The Bertz CT molecular complexity index is 1070. The number of carbonyl (C=O) groups excluding carboxylic acids is 1. The molecule has 6 nitrogen and oxygen atoms in total. The fourth-order valence-corrected chi connectivity index (χ4v) is 3.62. The van der Waals surface area contributed by atoms with Gasteiger partial charge in [0.1, 0.15) is 11.8 Å². The maximum Gasteiger partial charge on any atom is 0.258 e. The third kappa shape index (κ3) is 4.66. The van der Waals surface area contributed by atoms with Gasteiger partial charge in [-0.1, -0.05) is 23.7 Å². The van der Waals surface area contributed by atoms with Crippen LogP contribution in [-0.2, 0) is 17.7 Å². The molecule has 29 heavy (non-hydrogen) atoms. The SMILES string of the molecule is O=C(NCc1ccc(Cl)cc1)c1coc2ncc(CC3CCOCC3)cc2c1=O. The molecule has 1 fully saturated rings. The third-order valence-electron chi connectivity index (χ3n) is 5.16. The predicted molar refractivity (Wildman–Crippen MR) is 110 cm³/mol. The standard InChI is InChI=1S/C22H21ClN2O4/c23-17-3-1-15(2-4-17)11-24-21(27)19-13-29-22-18(20(19)26)10-16(12-25-22)9-14-5-7-28-8-6-14/h1-4,10,12-14H,5-9,11H2,(H,24,27). The zero-order valence-electron chi connectivity index (χ0n) is 15.8. The molecular formula is C22H21ClN2O4. The van der Waals surface area contributed by atoms with Gasteiger partial charge < -0.3 is 14.5 Å². The lowest BCUT2D eigenvalue weighted by molar-refractivity contribution is 0.0665. The van der Waals surface area contributed by atoms with Gasteiger partial charge in [-0.15, -0.1) is 0 Å². The molecule has 150 valence electrons. The first kappa shape index (κ1) is 19.6. The van der Waals surface area contributed by atoms with Crippen LogP contribution in [0.15, 0.2) is 52.0 Å². The van der Waals surface area contributed by atoms with Gasteiger partial charge in [-0.3, -0.25) is 9.59 Å². The minimum Gasteiger partial charge on any atom is -0.445 e. The molecule has 1 amide bonds. The fourth-order valence-electron chi connectivity index (χ4n) is 3.50. The first-order valence-corrected chi connectivity index (χ1v) is 9.99. The van der Waals surface area contributed by atoms with E-state index >= 15 is 0 Å². The number of halogens is 1. The van der Waals surface area contributed by atoms with Crippen LogP contribution in [0.2, 0.25) is 5.02 Å². The Morgan fingerprint density at radius 1 is 1.17 bits per heavy atom. The van der Waals surface area contributed by atoms with E-state index in [1.165, 1.54) is 6.26 Å². The van der Waals surface area contributed by atoms with Crippen molar-refractivity contribution in [3.63, 3.8) is 0 Å². The van der Waals surface area contributed by atoms with Crippen molar-refractivity contribution in [1.29, 1.82) is 0 Å². The maximum absolute atomic E-state index is 12.9. The molecule has 1 aliphatic rings. The van der Waals surface area contributed by atoms with Gasteiger partial charge >= 0.3 is 0 Å². The Hall–Kier alpha value is -2.70. The van der Waals surface area contributed by atoms with E-state index in [1.807, 2.05) is 12.1 Å². The molecule has 0 unspecified atom stereocenters. The van der Waals surface area contributed by atoms with Gasteiger partial charge in [0, 0.05) is 31.0 Å². The highest BCUT2D eigenvalue weighted by Gasteiger charge is 2.18. The quantitative estimate of drug-likeness (QED) is 0.690. The lowest BCUT2D eigenvalue weighted by Gasteiger charge is -2.21. The largest absolute Gasteiger partial charge is 0.445 e. The summed E-state index contributed by atoms with van der Waals surface area (Å²) in [5, 5.41) is 3.70. The Balaban J connectivity index is 1.52. The van der Waals surface area contributed by atoms with Gasteiger partial charge in [0.2, 0.25) is 11.1 Å². The smallest absolute Gasteiger partial charge is 0.258 e. The van der Waals surface area contributed by atoms with Crippen molar-refractivity contribution in [2.75, 3.05) is 13.2 Å². The molecule has 0 spiro atoms. The second-order valence-electron chi connectivity index (χ2n) is 7.24. The summed E-state index contributed by atoms with van der Waals surface area (Å²) in [6, 6.07) is 8.92. The Morgan fingerprint density at radius 3 is 2.69 bits per heavy atom. The summed E-state index contributed by atoms with van der Waals surface area (Å²) < 4.78 is 10.8. The molecule has 1 aliphatic heterocycles. The molecule has 0 radical (unpaired) electrons. The third-order valence-corrected chi connectivity index (χ3v) is 5.41. The van der Waals surface area contributed by atoms with E-state index in [1.54, 1.807) is 24.4 Å². The van der Waals surface area contributed by atoms with Gasteiger partial charge in [0.15, 0.2) is 0 Å². The van der Waals surface area contributed by atoms with Crippen LogP contribution in [0.25, 0.3) is 11.1 Å². The number of nitrogens with one attached hydrogen (secondary N) is 1. The van der Waals surface area contributed by atoms with E-state index in [9.17, 15) is 9.59 Å². The van der Waals surface area contributed by atoms with Gasteiger partial charge in [-0.25, -0.2) is 4.98 Å². The monoisotopic (exact) mass is 412 g/mol. The van der Waals surface area contributed by atoms with Crippen LogP contribution in [0.4, 0.5) is 0 Å². The molecule has 0 saturated carbocycles. The van der Waals surface area contributed by atoms with Crippen molar-refractivity contribution < 1.29 is 13.9 Å². The number of hydrogen-bond acceptors (Lipinski definition) is 5. The Kier molecular flexibility index (Phi) is 5.92. The van der Waals surface area contributed by atoms with Crippen LogP contribution >= 0.6 is 11.6 Å². The van der Waals surface area contributed by atoms with Crippen molar-refractivity contribution in [3.8, 4) is 0 Å². The zero-order valence-corrected chi connectivity index (χ0v) is 16.6. The molecular weight excluding hydrogens is 392 g/mol. The lowest BCUT2D eigenvalue weighted by atomic mass is 9.93. The summed E-state index contributed by atoms with van der Waals surface area (Å²) in [6.45, 7) is 1.83. The van der Waals surface area contributed by atoms with Crippen LogP contribution in [-0.4, -0.2) is 24.1 Å². The minimum atomic E-state index is -0.481. The van der Waals surface area contributed by atoms with E-state index in [0.717, 1.165) is 43.6 Å². The second kappa shape index (κ2) is 8.76. The summed E-state index contributed by atoms with van der Waals surface area (Å²) in [5.41, 5.74) is 1.68. The van der Waals surface area contributed by atoms with Crippen LogP contribution < -0.4 is 10.7 Å². The highest BCUT2D eigenvalue weighted by atomic mass is 35.5. The van der Waals surface area contributed by atoms with Crippen molar-refractivity contribution in [3.05, 3.63) is 74.7 Å². The number of ether oxygens (including phenoxy) is 1. The van der Waals surface area contributed by atoms with Crippen molar-refractivity contribution in [1.82, 2.24) is 10.3 Å². The Labute approximate surface area is 172 Å². The van der Waals surface area contributed by atoms with E-state index in [0.29, 0.717) is 16.3 Å². The number of fused-ring (bicyclic) bond motifs is 1. The summed E-state index contributed by atoms with van der Waals surface area (Å²) in [5.74, 6) is 0.0336. The highest BCUT2D eigenvalue weighted by molar-refractivity contribution is 6.30. The molecule has 3 aromatic rings. The molecule has 0 atom stereocenters. The molecule has 0 aliphatic carbocycles.